The molecule has 0 unspecified atom stereocenters. The quantitative estimate of drug-likeness (QED) is 0.448. The minimum Gasteiger partial charge on any atom is -0.312 e. The van der Waals surface area contributed by atoms with Gasteiger partial charge in [0.25, 0.3) is 10.0 Å². The molecule has 1 fully saturated rings. The number of hydrogen-bond acceptors (Lipinski definition) is 6. The molecule has 4 rings (SSSR count). The minimum absolute atomic E-state index is 0.0264. The van der Waals surface area contributed by atoms with Gasteiger partial charge in [0.2, 0.25) is 5.28 Å². The van der Waals surface area contributed by atoms with Crippen molar-refractivity contribution in [2.45, 2.75) is 62.8 Å². The van der Waals surface area contributed by atoms with Crippen LogP contribution in [-0.4, -0.2) is 27.9 Å². The van der Waals surface area contributed by atoms with Crippen LogP contribution >= 0.6 is 11.6 Å². The van der Waals surface area contributed by atoms with Gasteiger partial charge in [0.05, 0.1) is 11.2 Å². The molecule has 0 bridgehead atoms. The maximum atomic E-state index is 12.7. The monoisotopic (exact) mass is 448 g/mol. The van der Waals surface area contributed by atoms with Crippen molar-refractivity contribution in [1.29, 1.82) is 0 Å². The molecular weight excluding hydrogens is 424 g/mol. The van der Waals surface area contributed by atoms with Crippen LogP contribution in [0.3, 0.4) is 0 Å². The van der Waals surface area contributed by atoms with Gasteiger partial charge < -0.3 is 4.57 Å². The summed E-state index contributed by atoms with van der Waals surface area (Å²) in [6.07, 6.45) is 6.18. The Morgan fingerprint density at radius 1 is 1.10 bits per heavy atom. The van der Waals surface area contributed by atoms with E-state index >= 15 is 0 Å². The predicted molar refractivity (Wildman–Crippen MR) is 117 cm³/mol. The zero-order valence-electron chi connectivity index (χ0n) is 17.2. The van der Waals surface area contributed by atoms with Crippen LogP contribution in [0.25, 0.3) is 11.2 Å². The SMILES string of the molecule is CC(C)(C)c1ccc(S(=O)(=O)NNc2nc(Cl)nc3c2ncn3C2CCCC2)cc1. The maximum absolute atomic E-state index is 12.7. The number of benzene rings is 1. The van der Waals surface area contributed by atoms with Crippen molar-refractivity contribution in [3.05, 3.63) is 41.4 Å². The van der Waals surface area contributed by atoms with Gasteiger partial charge in [-0.05, 0) is 47.6 Å². The summed E-state index contributed by atoms with van der Waals surface area (Å²) in [6.45, 7) is 6.22. The number of sulfonamides is 1. The molecule has 0 saturated heterocycles. The highest BCUT2D eigenvalue weighted by molar-refractivity contribution is 7.89. The molecule has 0 aliphatic heterocycles. The van der Waals surface area contributed by atoms with Gasteiger partial charge in [0.1, 0.15) is 0 Å². The zero-order valence-corrected chi connectivity index (χ0v) is 18.8. The van der Waals surface area contributed by atoms with Crippen LogP contribution in [0.15, 0.2) is 35.5 Å². The lowest BCUT2D eigenvalue weighted by Gasteiger charge is -2.19. The number of nitrogens with zero attached hydrogens (tertiary/aromatic N) is 4. The lowest BCUT2D eigenvalue weighted by molar-refractivity contribution is 0.529. The fourth-order valence-electron chi connectivity index (χ4n) is 3.74. The van der Waals surface area contributed by atoms with E-state index in [1.54, 1.807) is 18.5 Å². The van der Waals surface area contributed by atoms with Crippen molar-refractivity contribution >= 4 is 38.6 Å². The van der Waals surface area contributed by atoms with Crippen LogP contribution in [0.5, 0.6) is 0 Å². The number of hydrogen-bond donors (Lipinski definition) is 2. The van der Waals surface area contributed by atoms with Crippen molar-refractivity contribution in [3.63, 3.8) is 0 Å². The third-order valence-electron chi connectivity index (χ3n) is 5.45. The zero-order chi connectivity index (χ0) is 21.5. The first kappa shape index (κ1) is 21.0. The number of anilines is 1. The van der Waals surface area contributed by atoms with Crippen molar-refractivity contribution < 1.29 is 8.42 Å². The molecule has 0 radical (unpaired) electrons. The second-order valence-electron chi connectivity index (χ2n) is 8.61. The third kappa shape index (κ3) is 4.14. The molecule has 1 saturated carbocycles. The van der Waals surface area contributed by atoms with Crippen LogP contribution < -0.4 is 10.3 Å². The molecule has 2 heterocycles. The second-order valence-corrected chi connectivity index (χ2v) is 10.6. The van der Waals surface area contributed by atoms with Gasteiger partial charge in [-0.25, -0.2) is 13.4 Å². The highest BCUT2D eigenvalue weighted by Crippen LogP contribution is 2.33. The van der Waals surface area contributed by atoms with Gasteiger partial charge in [-0.1, -0.05) is 45.7 Å². The van der Waals surface area contributed by atoms with Crippen molar-refractivity contribution in [1.82, 2.24) is 24.4 Å². The molecule has 0 amide bonds. The van der Waals surface area contributed by atoms with Crippen LogP contribution in [0.1, 0.15) is 58.1 Å². The molecule has 1 aromatic carbocycles. The van der Waals surface area contributed by atoms with Gasteiger partial charge in [-0.2, -0.15) is 9.97 Å². The molecule has 1 aliphatic rings. The first-order valence-electron chi connectivity index (χ1n) is 9.93. The Morgan fingerprint density at radius 2 is 1.77 bits per heavy atom. The Labute approximate surface area is 181 Å². The van der Waals surface area contributed by atoms with Crippen molar-refractivity contribution in [2.75, 3.05) is 5.43 Å². The molecule has 10 heteroatoms. The van der Waals surface area contributed by atoms with Gasteiger partial charge in [-0.3, -0.25) is 5.43 Å². The van der Waals surface area contributed by atoms with E-state index in [0.29, 0.717) is 17.2 Å². The van der Waals surface area contributed by atoms with E-state index < -0.39 is 10.0 Å². The summed E-state index contributed by atoms with van der Waals surface area (Å²) in [4.78, 5) is 15.4. The number of rotatable bonds is 5. The van der Waals surface area contributed by atoms with Crippen LogP contribution in [-0.2, 0) is 15.4 Å². The number of imidazole rings is 1. The summed E-state index contributed by atoms with van der Waals surface area (Å²) in [5, 5.41) is 0.0264. The maximum Gasteiger partial charge on any atom is 0.257 e. The number of aromatic nitrogens is 4. The third-order valence-corrected chi connectivity index (χ3v) is 6.88. The molecule has 0 atom stereocenters. The topological polar surface area (TPSA) is 102 Å². The molecule has 0 spiro atoms. The lowest BCUT2D eigenvalue weighted by Crippen LogP contribution is -2.30. The molecule has 2 N–H and O–H groups in total. The first-order chi connectivity index (χ1) is 14.1. The number of fused-ring (bicyclic) bond motifs is 1. The second kappa shape index (κ2) is 7.79. The normalized spacial score (nSPS) is 15.7. The summed E-state index contributed by atoms with van der Waals surface area (Å²) in [6, 6.07) is 7.13. The number of nitrogens with one attached hydrogen (secondary N) is 2. The number of hydrazine groups is 1. The Morgan fingerprint density at radius 3 is 2.40 bits per heavy atom. The average Bonchev–Trinajstić information content (AvgIpc) is 3.35. The van der Waals surface area contributed by atoms with Crippen LogP contribution in [0.2, 0.25) is 5.28 Å². The van der Waals surface area contributed by atoms with Crippen LogP contribution in [0.4, 0.5) is 5.82 Å². The standard InChI is InChI=1S/C20H25ClN6O2S/c1-20(2,3)13-8-10-15(11-9-13)30(28,29)26-25-17-16-18(24-19(21)23-17)27(12-22-16)14-6-4-5-7-14/h8-12,14,26H,4-7H2,1-3H3,(H,23,24,25). The summed E-state index contributed by atoms with van der Waals surface area (Å²) >= 11 is 6.11. The largest absolute Gasteiger partial charge is 0.312 e. The van der Waals surface area contributed by atoms with Crippen molar-refractivity contribution in [2.24, 2.45) is 0 Å². The Balaban J connectivity index is 1.58. The smallest absolute Gasteiger partial charge is 0.257 e. The van der Waals surface area contributed by atoms with E-state index in [-0.39, 0.29) is 21.4 Å². The van der Waals surface area contributed by atoms with Crippen molar-refractivity contribution in [3.8, 4) is 0 Å². The Hall–Kier alpha value is -2.23. The fourth-order valence-corrected chi connectivity index (χ4v) is 4.74. The summed E-state index contributed by atoms with van der Waals surface area (Å²) in [5.41, 5.74) is 4.72. The van der Waals surface area contributed by atoms with E-state index in [1.807, 2.05) is 16.7 Å². The Bertz CT molecular complexity index is 1160. The molecular formula is C20H25ClN6O2S. The molecule has 2 aromatic heterocycles. The Kier molecular flexibility index (Phi) is 5.46. The van der Waals surface area contributed by atoms with E-state index in [4.69, 9.17) is 11.6 Å². The minimum atomic E-state index is -3.81. The van der Waals surface area contributed by atoms with Gasteiger partial charge in [0, 0.05) is 6.04 Å². The predicted octanol–water partition coefficient (Wildman–Crippen LogP) is 4.20. The molecule has 3 aromatic rings. The molecule has 30 heavy (non-hydrogen) atoms. The molecule has 1 aliphatic carbocycles. The van der Waals surface area contributed by atoms with Gasteiger partial charge >= 0.3 is 0 Å². The van der Waals surface area contributed by atoms with Gasteiger partial charge in [0.15, 0.2) is 17.0 Å². The average molecular weight is 449 g/mol. The first-order valence-corrected chi connectivity index (χ1v) is 11.8. The lowest BCUT2D eigenvalue weighted by atomic mass is 9.87. The van der Waals surface area contributed by atoms with Gasteiger partial charge in [-0.15, -0.1) is 4.83 Å². The van der Waals surface area contributed by atoms with E-state index in [2.05, 4.69) is 46.0 Å². The summed E-state index contributed by atoms with van der Waals surface area (Å²) in [5.74, 6) is 0.219. The number of halogens is 1. The highest BCUT2D eigenvalue weighted by Gasteiger charge is 2.23. The summed E-state index contributed by atoms with van der Waals surface area (Å²) in [7, 11) is -3.81. The summed E-state index contributed by atoms with van der Waals surface area (Å²) < 4.78 is 27.5. The molecule has 8 nitrogen and oxygen atoms in total. The van der Waals surface area contributed by atoms with E-state index in [9.17, 15) is 8.42 Å². The molecule has 160 valence electrons. The van der Waals surface area contributed by atoms with E-state index in [1.165, 1.54) is 12.8 Å². The van der Waals surface area contributed by atoms with Crippen LogP contribution in [0, 0.1) is 0 Å². The highest BCUT2D eigenvalue weighted by atomic mass is 35.5. The van der Waals surface area contributed by atoms with E-state index in [0.717, 1.165) is 18.4 Å². The fraction of sp³-hybridized carbons (Fsp3) is 0.450.